The molecule has 0 unspecified atom stereocenters. The largest absolute Gasteiger partial charge is 0.507 e. The van der Waals surface area contributed by atoms with Crippen molar-refractivity contribution in [3.05, 3.63) is 48.0 Å². The van der Waals surface area contributed by atoms with E-state index in [1.54, 1.807) is 7.11 Å². The summed E-state index contributed by atoms with van der Waals surface area (Å²) in [7, 11) is -1.93. The highest BCUT2D eigenvalue weighted by molar-refractivity contribution is 7.90. The van der Waals surface area contributed by atoms with Gasteiger partial charge in [-0.05, 0) is 67.5 Å². The average Bonchev–Trinajstić information content (AvgIpc) is 2.69. The van der Waals surface area contributed by atoms with Crippen LogP contribution in [0.2, 0.25) is 0 Å². The summed E-state index contributed by atoms with van der Waals surface area (Å²) in [6, 6.07) is 12.2. The van der Waals surface area contributed by atoms with Crippen LogP contribution in [0.1, 0.15) is 37.2 Å². The molecular formula is C21H25NO5S. The van der Waals surface area contributed by atoms with E-state index in [4.69, 9.17) is 4.74 Å². The number of nitrogens with one attached hydrogen (secondary N) is 1. The van der Waals surface area contributed by atoms with Gasteiger partial charge >= 0.3 is 0 Å². The zero-order valence-electron chi connectivity index (χ0n) is 16.0. The number of carbonyl (C=O) groups is 1. The number of hydrogen-bond donors (Lipinski definition) is 2. The fourth-order valence-electron chi connectivity index (χ4n) is 3.70. The van der Waals surface area contributed by atoms with Crippen LogP contribution in [0.3, 0.4) is 0 Å². The van der Waals surface area contributed by atoms with E-state index >= 15 is 0 Å². The molecule has 6 nitrogen and oxygen atoms in total. The first-order valence-corrected chi connectivity index (χ1v) is 11.1. The van der Waals surface area contributed by atoms with Crippen molar-refractivity contribution in [2.75, 3.05) is 18.7 Å². The van der Waals surface area contributed by atoms with E-state index in [-0.39, 0.29) is 22.5 Å². The van der Waals surface area contributed by atoms with E-state index in [1.807, 2.05) is 12.1 Å². The Morgan fingerprint density at radius 3 is 2.29 bits per heavy atom. The molecule has 0 spiro atoms. The molecule has 0 aliphatic heterocycles. The van der Waals surface area contributed by atoms with Gasteiger partial charge in [-0.1, -0.05) is 12.1 Å². The molecule has 28 heavy (non-hydrogen) atoms. The van der Waals surface area contributed by atoms with Gasteiger partial charge in [0.2, 0.25) is 5.91 Å². The molecule has 3 rings (SSSR count). The monoisotopic (exact) mass is 403 g/mol. The van der Waals surface area contributed by atoms with Gasteiger partial charge in [-0.15, -0.1) is 0 Å². The number of anilines is 1. The van der Waals surface area contributed by atoms with Gasteiger partial charge in [-0.3, -0.25) is 4.79 Å². The highest BCUT2D eigenvalue weighted by atomic mass is 32.2. The number of hydrogen-bond acceptors (Lipinski definition) is 5. The Kier molecular flexibility index (Phi) is 5.93. The van der Waals surface area contributed by atoms with Crippen molar-refractivity contribution >= 4 is 21.4 Å². The molecule has 2 aromatic rings. The van der Waals surface area contributed by atoms with Crippen LogP contribution < -0.4 is 10.1 Å². The van der Waals surface area contributed by atoms with Crippen molar-refractivity contribution in [3.8, 4) is 11.5 Å². The van der Waals surface area contributed by atoms with E-state index in [2.05, 4.69) is 17.4 Å². The predicted octanol–water partition coefficient (Wildman–Crippen LogP) is 3.72. The van der Waals surface area contributed by atoms with E-state index < -0.39 is 9.84 Å². The molecule has 1 aliphatic carbocycles. The first-order chi connectivity index (χ1) is 13.3. The second-order valence-corrected chi connectivity index (χ2v) is 9.25. The molecule has 1 fully saturated rings. The summed E-state index contributed by atoms with van der Waals surface area (Å²) < 4.78 is 28.6. The number of benzene rings is 2. The minimum absolute atomic E-state index is 0.106. The first-order valence-electron chi connectivity index (χ1n) is 9.26. The Bertz CT molecular complexity index is 945. The van der Waals surface area contributed by atoms with Crippen molar-refractivity contribution in [1.29, 1.82) is 0 Å². The van der Waals surface area contributed by atoms with Crippen LogP contribution >= 0.6 is 0 Å². The first kappa shape index (κ1) is 20.2. The normalized spacial score (nSPS) is 19.8. The molecule has 2 aromatic carbocycles. The van der Waals surface area contributed by atoms with Crippen molar-refractivity contribution in [1.82, 2.24) is 0 Å². The maximum absolute atomic E-state index is 12.6. The summed E-state index contributed by atoms with van der Waals surface area (Å²) in [6.45, 7) is 0. The molecular weight excluding hydrogens is 378 g/mol. The van der Waals surface area contributed by atoms with Crippen LogP contribution in [0.5, 0.6) is 11.5 Å². The maximum atomic E-state index is 12.6. The van der Waals surface area contributed by atoms with Gasteiger partial charge in [0.1, 0.15) is 16.4 Å². The van der Waals surface area contributed by atoms with Crippen LogP contribution in [-0.2, 0) is 14.6 Å². The standard InChI is InChI=1S/C21H25NO5S/c1-27-18-10-7-15(8-11-18)14-3-5-16(6-4-14)21(24)22-17-9-12-19(23)20(13-17)28(2,25)26/h7-14,16,23H,3-6H2,1-2H3,(H,22,24)/t14-,16-. The third-order valence-corrected chi connectivity index (χ3v) is 6.44. The SMILES string of the molecule is COc1ccc([C@H]2CC[C@H](C(=O)Nc3ccc(O)c(S(C)(=O)=O)c3)CC2)cc1. The molecule has 150 valence electrons. The van der Waals surface area contributed by atoms with Gasteiger partial charge < -0.3 is 15.2 Å². The molecule has 2 N–H and O–H groups in total. The second kappa shape index (κ2) is 8.22. The molecule has 0 radical (unpaired) electrons. The zero-order valence-corrected chi connectivity index (χ0v) is 16.8. The van der Waals surface area contributed by atoms with Crippen molar-refractivity contribution in [2.45, 2.75) is 36.5 Å². The number of phenols is 1. The Morgan fingerprint density at radius 2 is 1.71 bits per heavy atom. The third kappa shape index (κ3) is 4.65. The number of ether oxygens (including phenoxy) is 1. The van der Waals surface area contributed by atoms with Crippen molar-refractivity contribution in [3.63, 3.8) is 0 Å². The number of amides is 1. The smallest absolute Gasteiger partial charge is 0.227 e. The topological polar surface area (TPSA) is 92.7 Å². The lowest BCUT2D eigenvalue weighted by Crippen LogP contribution is -2.26. The molecule has 1 aliphatic rings. The molecule has 7 heteroatoms. The Labute approximate surface area is 165 Å². The van der Waals surface area contributed by atoms with Gasteiger partial charge in [-0.2, -0.15) is 0 Å². The van der Waals surface area contributed by atoms with E-state index in [0.717, 1.165) is 37.7 Å². The summed E-state index contributed by atoms with van der Waals surface area (Å²) >= 11 is 0. The number of rotatable bonds is 5. The van der Waals surface area contributed by atoms with Crippen molar-refractivity contribution in [2.24, 2.45) is 5.92 Å². The summed E-state index contributed by atoms with van der Waals surface area (Å²) in [5.41, 5.74) is 1.64. The molecule has 1 saturated carbocycles. The maximum Gasteiger partial charge on any atom is 0.227 e. The van der Waals surface area contributed by atoms with E-state index in [1.165, 1.54) is 23.8 Å². The molecule has 0 atom stereocenters. The highest BCUT2D eigenvalue weighted by Gasteiger charge is 2.27. The fourth-order valence-corrected chi connectivity index (χ4v) is 4.49. The van der Waals surface area contributed by atoms with E-state index in [9.17, 15) is 18.3 Å². The lowest BCUT2D eigenvalue weighted by atomic mass is 9.78. The number of carbonyl (C=O) groups excluding carboxylic acids is 1. The molecule has 0 aromatic heterocycles. The third-order valence-electron chi connectivity index (χ3n) is 5.31. The summed E-state index contributed by atoms with van der Waals surface area (Å²) in [4.78, 5) is 12.4. The second-order valence-electron chi connectivity index (χ2n) is 7.27. The summed E-state index contributed by atoms with van der Waals surface area (Å²) in [5.74, 6) is 0.725. The van der Waals surface area contributed by atoms with Crippen LogP contribution in [0.15, 0.2) is 47.4 Å². The Hall–Kier alpha value is -2.54. The molecule has 0 saturated heterocycles. The average molecular weight is 404 g/mol. The van der Waals surface area contributed by atoms with Crippen molar-refractivity contribution < 1.29 is 23.1 Å². The molecule has 1 amide bonds. The minimum Gasteiger partial charge on any atom is -0.507 e. The van der Waals surface area contributed by atoms with Gasteiger partial charge in [0.15, 0.2) is 9.84 Å². The number of phenolic OH excluding ortho intramolecular Hbond substituents is 1. The Morgan fingerprint density at radius 1 is 1.07 bits per heavy atom. The molecule has 0 bridgehead atoms. The number of sulfone groups is 1. The number of aromatic hydroxyl groups is 1. The summed E-state index contributed by atoms with van der Waals surface area (Å²) in [6.07, 6.45) is 4.43. The van der Waals surface area contributed by atoms with Crippen LogP contribution in [0, 0.1) is 5.92 Å². The minimum atomic E-state index is -3.57. The Balaban J connectivity index is 1.61. The van der Waals surface area contributed by atoms with E-state index in [0.29, 0.717) is 11.6 Å². The molecule has 0 heterocycles. The highest BCUT2D eigenvalue weighted by Crippen LogP contribution is 2.37. The predicted molar refractivity (Wildman–Crippen MR) is 108 cm³/mol. The quantitative estimate of drug-likeness (QED) is 0.743. The zero-order chi connectivity index (χ0) is 20.3. The van der Waals surface area contributed by atoms with Crippen LogP contribution in [-0.4, -0.2) is 32.8 Å². The van der Waals surface area contributed by atoms with Crippen LogP contribution in [0.25, 0.3) is 0 Å². The van der Waals surface area contributed by atoms with Gasteiger partial charge in [0, 0.05) is 17.9 Å². The van der Waals surface area contributed by atoms with Gasteiger partial charge in [0.05, 0.1) is 7.11 Å². The lowest BCUT2D eigenvalue weighted by molar-refractivity contribution is -0.120. The lowest BCUT2D eigenvalue weighted by Gasteiger charge is -2.28. The number of methoxy groups -OCH3 is 1. The van der Waals surface area contributed by atoms with Crippen LogP contribution in [0.4, 0.5) is 5.69 Å². The van der Waals surface area contributed by atoms with Gasteiger partial charge in [0.25, 0.3) is 0 Å². The van der Waals surface area contributed by atoms with Gasteiger partial charge in [-0.25, -0.2) is 8.42 Å². The summed E-state index contributed by atoms with van der Waals surface area (Å²) in [5, 5.41) is 12.5. The fraction of sp³-hybridized carbons (Fsp3) is 0.381.